The molecule has 1 aromatic heterocycles. The summed E-state index contributed by atoms with van der Waals surface area (Å²) >= 11 is 6.18. The third-order valence-electron chi connectivity index (χ3n) is 6.39. The Labute approximate surface area is 183 Å². The number of rotatable bonds is 6. The molecule has 1 N–H and O–H groups in total. The molecule has 1 amide bonds. The molecule has 0 bridgehead atoms. The van der Waals surface area contributed by atoms with Crippen molar-refractivity contribution in [2.45, 2.75) is 64.1 Å². The molecule has 4 rings (SSSR count). The van der Waals surface area contributed by atoms with Crippen LogP contribution >= 0.6 is 11.6 Å². The van der Waals surface area contributed by atoms with Gasteiger partial charge in [0.2, 0.25) is 0 Å². The predicted molar refractivity (Wildman–Crippen MR) is 118 cm³/mol. The van der Waals surface area contributed by atoms with Crippen LogP contribution in [0.1, 0.15) is 60.3 Å². The second-order valence-electron chi connectivity index (χ2n) is 8.52. The van der Waals surface area contributed by atoms with Crippen LogP contribution in [0.5, 0.6) is 5.75 Å². The highest BCUT2D eigenvalue weighted by molar-refractivity contribution is 6.31. The summed E-state index contributed by atoms with van der Waals surface area (Å²) in [5, 5.41) is 7.86. The molecule has 1 aliphatic heterocycles. The summed E-state index contributed by atoms with van der Waals surface area (Å²) in [6.07, 6.45) is 7.52. The maximum absolute atomic E-state index is 12.9. The topological polar surface area (TPSA) is 59.4 Å². The van der Waals surface area contributed by atoms with Crippen LogP contribution in [0.3, 0.4) is 0 Å². The minimum Gasteiger partial charge on any atom is -0.489 e. The number of nitrogens with one attached hydrogen (secondary N) is 1. The Hall–Kier alpha value is -2.05. The third-order valence-corrected chi connectivity index (χ3v) is 6.63. The van der Waals surface area contributed by atoms with Crippen LogP contribution in [-0.2, 0) is 13.6 Å². The number of halogens is 1. The fourth-order valence-corrected chi connectivity index (χ4v) is 4.75. The van der Waals surface area contributed by atoms with E-state index < -0.39 is 0 Å². The van der Waals surface area contributed by atoms with Gasteiger partial charge in [-0.05, 0) is 56.9 Å². The lowest BCUT2D eigenvalue weighted by molar-refractivity contribution is 0.0750. The zero-order valence-corrected chi connectivity index (χ0v) is 18.6. The van der Waals surface area contributed by atoms with E-state index in [2.05, 4.69) is 15.3 Å². The minimum atomic E-state index is -0.195. The van der Waals surface area contributed by atoms with Crippen molar-refractivity contribution in [3.63, 3.8) is 0 Å². The van der Waals surface area contributed by atoms with Crippen LogP contribution in [-0.4, -0.2) is 45.8 Å². The molecule has 2 heterocycles. The summed E-state index contributed by atoms with van der Waals surface area (Å²) in [7, 11) is 1.89. The zero-order valence-electron chi connectivity index (χ0n) is 17.9. The number of hydrogen-bond donors (Lipinski definition) is 1. The largest absolute Gasteiger partial charge is 0.489 e. The van der Waals surface area contributed by atoms with Crippen LogP contribution in [0, 0.1) is 6.92 Å². The van der Waals surface area contributed by atoms with E-state index in [1.165, 1.54) is 25.7 Å². The van der Waals surface area contributed by atoms with Gasteiger partial charge in [-0.3, -0.25) is 9.48 Å². The third kappa shape index (κ3) is 4.98. The quantitative estimate of drug-likeness (QED) is 0.749. The second-order valence-corrected chi connectivity index (χ2v) is 8.95. The highest BCUT2D eigenvalue weighted by Crippen LogP contribution is 2.29. The van der Waals surface area contributed by atoms with Gasteiger partial charge in [0, 0.05) is 36.9 Å². The first-order chi connectivity index (χ1) is 14.5. The molecule has 1 aliphatic carbocycles. The van der Waals surface area contributed by atoms with Crippen LogP contribution in [0.2, 0.25) is 5.02 Å². The molecule has 0 radical (unpaired) electrons. The summed E-state index contributed by atoms with van der Waals surface area (Å²) in [5.41, 5.74) is 2.36. The van der Waals surface area contributed by atoms with Crippen molar-refractivity contribution < 1.29 is 9.53 Å². The van der Waals surface area contributed by atoms with E-state index in [1.54, 1.807) is 16.8 Å². The molecule has 0 atom stereocenters. The molecule has 2 aliphatic rings. The van der Waals surface area contributed by atoms with Gasteiger partial charge in [-0.1, -0.05) is 24.4 Å². The molecule has 30 heavy (non-hydrogen) atoms. The fraction of sp³-hybridized carbons (Fsp3) is 0.565. The molecule has 2 aromatic rings. The lowest BCUT2D eigenvalue weighted by Crippen LogP contribution is -2.43. The van der Waals surface area contributed by atoms with Gasteiger partial charge in [-0.25, -0.2) is 0 Å². The molecule has 2 fully saturated rings. The van der Waals surface area contributed by atoms with Crippen molar-refractivity contribution in [2.75, 3.05) is 13.1 Å². The second kappa shape index (κ2) is 9.40. The van der Waals surface area contributed by atoms with Gasteiger partial charge in [0.25, 0.3) is 5.91 Å². The number of ether oxygens (including phenoxy) is 1. The summed E-state index contributed by atoms with van der Waals surface area (Å²) in [4.78, 5) is 15.5. The summed E-state index contributed by atoms with van der Waals surface area (Å²) in [5.74, 6) is 0.410. The fourth-order valence-electron chi connectivity index (χ4n) is 4.58. The molecule has 7 heteroatoms. The van der Waals surface area contributed by atoms with E-state index in [-0.39, 0.29) is 12.0 Å². The van der Waals surface area contributed by atoms with E-state index in [1.807, 2.05) is 26.1 Å². The van der Waals surface area contributed by atoms with Crippen LogP contribution in [0.15, 0.2) is 24.3 Å². The Bertz CT molecular complexity index is 864. The van der Waals surface area contributed by atoms with Crippen LogP contribution in [0.25, 0.3) is 0 Å². The van der Waals surface area contributed by atoms with Crippen LogP contribution < -0.4 is 10.1 Å². The Morgan fingerprint density at radius 3 is 2.60 bits per heavy atom. The van der Waals surface area contributed by atoms with Gasteiger partial charge >= 0.3 is 0 Å². The first-order valence-electron chi connectivity index (χ1n) is 11.0. The molecule has 1 saturated carbocycles. The van der Waals surface area contributed by atoms with E-state index >= 15 is 0 Å². The number of aromatic nitrogens is 2. The lowest BCUT2D eigenvalue weighted by Gasteiger charge is -2.36. The number of amides is 1. The standard InChI is InChI=1S/C23H31ClN4O2/c1-16-13-18(26-27(16)2)15-25-23(29)21-14-17(24)7-8-22(21)30-20-9-11-28(12-10-20)19-5-3-4-6-19/h7-8,13-14,19-20H,3-6,9-12,15H2,1-2H3,(H,25,29). The monoisotopic (exact) mass is 430 g/mol. The lowest BCUT2D eigenvalue weighted by atomic mass is 10.0. The summed E-state index contributed by atoms with van der Waals surface area (Å²) in [6, 6.07) is 8.00. The Morgan fingerprint density at radius 2 is 1.93 bits per heavy atom. The van der Waals surface area contributed by atoms with Crippen molar-refractivity contribution in [1.82, 2.24) is 20.0 Å². The predicted octanol–water partition coefficient (Wildman–Crippen LogP) is 4.10. The van der Waals surface area contributed by atoms with Crippen molar-refractivity contribution in [3.8, 4) is 5.75 Å². The van der Waals surface area contributed by atoms with Crippen molar-refractivity contribution in [1.29, 1.82) is 0 Å². The van der Waals surface area contributed by atoms with Gasteiger partial charge in [0.1, 0.15) is 11.9 Å². The number of likely N-dealkylation sites (tertiary alicyclic amines) is 1. The van der Waals surface area contributed by atoms with Gasteiger partial charge in [-0.2, -0.15) is 5.10 Å². The number of nitrogens with zero attached hydrogens (tertiary/aromatic N) is 3. The average Bonchev–Trinajstić information content (AvgIpc) is 3.38. The number of carbonyl (C=O) groups excluding carboxylic acids is 1. The van der Waals surface area contributed by atoms with Crippen molar-refractivity contribution in [3.05, 3.63) is 46.2 Å². The van der Waals surface area contributed by atoms with Crippen LogP contribution in [0.4, 0.5) is 0 Å². The van der Waals surface area contributed by atoms with E-state index in [0.717, 1.165) is 43.4 Å². The number of aryl methyl sites for hydroxylation is 2. The zero-order chi connectivity index (χ0) is 21.1. The summed E-state index contributed by atoms with van der Waals surface area (Å²) < 4.78 is 8.08. The molecular weight excluding hydrogens is 400 g/mol. The molecule has 0 unspecified atom stereocenters. The van der Waals surface area contributed by atoms with Crippen molar-refractivity contribution >= 4 is 17.5 Å². The summed E-state index contributed by atoms with van der Waals surface area (Å²) in [6.45, 7) is 4.50. The Morgan fingerprint density at radius 1 is 1.20 bits per heavy atom. The Kier molecular flexibility index (Phi) is 6.64. The highest BCUT2D eigenvalue weighted by atomic mass is 35.5. The first kappa shape index (κ1) is 21.2. The van der Waals surface area contributed by atoms with E-state index in [0.29, 0.717) is 22.9 Å². The van der Waals surface area contributed by atoms with Crippen molar-refractivity contribution in [2.24, 2.45) is 7.05 Å². The highest BCUT2D eigenvalue weighted by Gasteiger charge is 2.28. The number of hydrogen-bond acceptors (Lipinski definition) is 4. The molecule has 162 valence electrons. The molecule has 0 spiro atoms. The maximum Gasteiger partial charge on any atom is 0.255 e. The normalized spacial score (nSPS) is 18.6. The maximum atomic E-state index is 12.9. The molecule has 1 aromatic carbocycles. The average molecular weight is 431 g/mol. The molecular formula is C23H31ClN4O2. The number of benzene rings is 1. The van der Waals surface area contributed by atoms with Gasteiger partial charge in [-0.15, -0.1) is 0 Å². The van der Waals surface area contributed by atoms with E-state index in [4.69, 9.17) is 16.3 Å². The first-order valence-corrected chi connectivity index (χ1v) is 11.4. The molecule has 1 saturated heterocycles. The van der Waals surface area contributed by atoms with E-state index in [9.17, 15) is 4.79 Å². The number of piperidine rings is 1. The Balaban J connectivity index is 1.37. The minimum absolute atomic E-state index is 0.133. The SMILES string of the molecule is Cc1cc(CNC(=O)c2cc(Cl)ccc2OC2CCN(C3CCCC3)CC2)nn1C. The molecule has 6 nitrogen and oxygen atoms in total. The number of carbonyl (C=O) groups is 1. The van der Waals surface area contributed by atoms with Gasteiger partial charge < -0.3 is 15.0 Å². The van der Waals surface area contributed by atoms with Gasteiger partial charge in [0.05, 0.1) is 17.8 Å². The smallest absolute Gasteiger partial charge is 0.255 e. The van der Waals surface area contributed by atoms with Gasteiger partial charge in [0.15, 0.2) is 0 Å².